The van der Waals surface area contributed by atoms with E-state index in [0.717, 1.165) is 77.3 Å². The van der Waals surface area contributed by atoms with Crippen LogP contribution >= 0.6 is 0 Å². The largest absolute Gasteiger partial charge is 0.444 e. The van der Waals surface area contributed by atoms with Gasteiger partial charge < -0.3 is 24.0 Å². The Balaban J connectivity index is 1.36. The van der Waals surface area contributed by atoms with Crippen LogP contribution in [0.2, 0.25) is 51.4 Å². The van der Waals surface area contributed by atoms with Gasteiger partial charge in [-0.2, -0.15) is 9.61 Å². The van der Waals surface area contributed by atoms with Crippen molar-refractivity contribution in [2.45, 2.75) is 121 Å². The molecule has 12 heteroatoms. The first-order valence-electron chi connectivity index (χ1n) is 19.4. The smallest absolute Gasteiger partial charge is 0.410 e. The van der Waals surface area contributed by atoms with E-state index < -0.39 is 21.7 Å². The van der Waals surface area contributed by atoms with Crippen LogP contribution in [0.4, 0.5) is 10.6 Å². The van der Waals surface area contributed by atoms with E-state index in [4.69, 9.17) is 29.3 Å². The number of hydrogen-bond acceptors (Lipinski definition) is 8. The van der Waals surface area contributed by atoms with Gasteiger partial charge in [-0.05, 0) is 64.6 Å². The van der Waals surface area contributed by atoms with Gasteiger partial charge in [0.25, 0.3) is 0 Å². The molecule has 5 heterocycles. The standard InChI is InChI=1S/C41H60N6O4Si2/c1-41(2,3)51-40(48)46-33-16-17-34(46)24-32(23-33)37-25-38(45(28-49-19-21-52(4,5)6)29-50-20-22-53(7,8)9)47-39(44-37)35(27-43-47)31-15-18-36(42-26-31)30-13-11-10-12-14-30/h10-15,18,25-27,32-34H,16-17,19-24,28-29H2,1-9H3. The molecule has 10 nitrogen and oxygen atoms in total. The van der Waals surface area contributed by atoms with E-state index in [2.05, 4.69) is 74.5 Å². The van der Waals surface area contributed by atoms with Gasteiger partial charge in [-0.1, -0.05) is 75.7 Å². The number of aromatic nitrogens is 4. The molecule has 2 saturated heterocycles. The Morgan fingerprint density at radius 1 is 0.849 bits per heavy atom. The van der Waals surface area contributed by atoms with E-state index in [-0.39, 0.29) is 24.1 Å². The maximum absolute atomic E-state index is 13.3. The maximum atomic E-state index is 13.3. The molecule has 2 bridgehead atoms. The highest BCUT2D eigenvalue weighted by Gasteiger charge is 2.45. The van der Waals surface area contributed by atoms with Crippen LogP contribution in [0, 0.1) is 0 Å². The van der Waals surface area contributed by atoms with Crippen molar-refractivity contribution >= 4 is 33.7 Å². The molecule has 2 aliphatic rings. The first kappa shape index (κ1) is 39.1. The van der Waals surface area contributed by atoms with Crippen LogP contribution in [-0.2, 0) is 14.2 Å². The molecule has 1 aromatic carbocycles. The summed E-state index contributed by atoms with van der Waals surface area (Å²) in [5.41, 5.74) is 5.14. The SMILES string of the molecule is CC(C)(C)OC(=O)N1C2CCC1CC(c1cc(N(COCC[Si](C)(C)C)COCC[Si](C)(C)C)n3ncc(-c4ccc(-c5ccccc5)nc4)c3n1)C2. The molecule has 2 fully saturated rings. The van der Waals surface area contributed by atoms with Gasteiger partial charge in [0.15, 0.2) is 5.65 Å². The molecular formula is C41H60N6O4Si2. The van der Waals surface area contributed by atoms with Crippen molar-refractivity contribution in [3.05, 3.63) is 66.6 Å². The fraction of sp³-hybridized carbons (Fsp3) is 0.561. The molecule has 1 amide bonds. The predicted octanol–water partition coefficient (Wildman–Crippen LogP) is 9.53. The van der Waals surface area contributed by atoms with Crippen molar-refractivity contribution in [3.8, 4) is 22.4 Å². The molecule has 2 unspecified atom stereocenters. The average Bonchev–Trinajstić information content (AvgIpc) is 3.63. The minimum atomic E-state index is -1.27. The number of hydrogen-bond donors (Lipinski definition) is 0. The van der Waals surface area contributed by atoms with Crippen molar-refractivity contribution < 1.29 is 19.0 Å². The van der Waals surface area contributed by atoms with Crippen LogP contribution in [0.25, 0.3) is 28.0 Å². The zero-order valence-electron chi connectivity index (χ0n) is 33.4. The first-order chi connectivity index (χ1) is 25.0. The lowest BCUT2D eigenvalue weighted by molar-refractivity contribution is 0.00569. The third-order valence-electron chi connectivity index (χ3n) is 10.2. The summed E-state index contributed by atoms with van der Waals surface area (Å²) in [6.07, 6.45) is 7.27. The number of amides is 1. The fourth-order valence-corrected chi connectivity index (χ4v) is 8.76. The van der Waals surface area contributed by atoms with E-state index >= 15 is 0 Å². The highest BCUT2D eigenvalue weighted by atomic mass is 28.3. The Morgan fingerprint density at radius 2 is 1.47 bits per heavy atom. The molecular weight excluding hydrogens is 697 g/mol. The van der Waals surface area contributed by atoms with Gasteiger partial charge in [0, 0.05) is 82.0 Å². The van der Waals surface area contributed by atoms with Crippen molar-refractivity contribution in [2.24, 2.45) is 0 Å². The second-order valence-corrected chi connectivity index (χ2v) is 29.6. The Hall–Kier alpha value is -3.59. The summed E-state index contributed by atoms with van der Waals surface area (Å²) in [6.45, 7) is 22.2. The molecule has 4 aromatic rings. The van der Waals surface area contributed by atoms with E-state index in [0.29, 0.717) is 26.7 Å². The van der Waals surface area contributed by atoms with Gasteiger partial charge in [0.1, 0.15) is 24.9 Å². The molecule has 0 aliphatic carbocycles. The molecule has 6 rings (SSSR count). The Morgan fingerprint density at radius 3 is 2.02 bits per heavy atom. The van der Waals surface area contributed by atoms with Crippen LogP contribution in [0.1, 0.15) is 58.1 Å². The lowest BCUT2D eigenvalue weighted by Gasteiger charge is -2.39. The summed E-state index contributed by atoms with van der Waals surface area (Å²) < 4.78 is 20.6. The second-order valence-electron chi connectivity index (χ2n) is 18.3. The predicted molar refractivity (Wildman–Crippen MR) is 219 cm³/mol. The van der Waals surface area contributed by atoms with E-state index in [1.54, 1.807) is 0 Å². The number of carbonyl (C=O) groups excluding carboxylic acids is 1. The van der Waals surface area contributed by atoms with Crippen LogP contribution in [0.5, 0.6) is 0 Å². The zero-order valence-corrected chi connectivity index (χ0v) is 35.4. The highest BCUT2D eigenvalue weighted by molar-refractivity contribution is 6.76. The summed E-state index contributed by atoms with van der Waals surface area (Å²) in [5.74, 6) is 1.08. The molecule has 0 radical (unpaired) electrons. The fourth-order valence-electron chi connectivity index (χ4n) is 7.24. The first-order valence-corrected chi connectivity index (χ1v) is 26.8. The van der Waals surface area contributed by atoms with E-state index in [1.807, 2.05) is 60.8 Å². The van der Waals surface area contributed by atoms with Gasteiger partial charge in [0.2, 0.25) is 0 Å². The number of carbonyl (C=O) groups is 1. The number of ether oxygens (including phenoxy) is 3. The Kier molecular flexibility index (Phi) is 11.8. The minimum Gasteiger partial charge on any atom is -0.444 e. The number of rotatable bonds is 14. The van der Waals surface area contributed by atoms with Crippen molar-refractivity contribution in [2.75, 3.05) is 31.6 Å². The molecule has 0 spiro atoms. The number of pyridine rings is 1. The van der Waals surface area contributed by atoms with Gasteiger partial charge >= 0.3 is 6.09 Å². The highest BCUT2D eigenvalue weighted by Crippen LogP contribution is 2.44. The monoisotopic (exact) mass is 756 g/mol. The van der Waals surface area contributed by atoms with Crippen LogP contribution in [0.15, 0.2) is 60.9 Å². The number of fused-ring (bicyclic) bond motifs is 3. The Labute approximate surface area is 318 Å². The van der Waals surface area contributed by atoms with Crippen LogP contribution in [-0.4, -0.2) is 91.1 Å². The van der Waals surface area contributed by atoms with Gasteiger partial charge in [-0.3, -0.25) is 4.98 Å². The normalized spacial score (nSPS) is 19.2. The average molecular weight is 757 g/mol. The van der Waals surface area contributed by atoms with Gasteiger partial charge in [-0.25, -0.2) is 9.78 Å². The van der Waals surface area contributed by atoms with Crippen molar-refractivity contribution in [3.63, 3.8) is 0 Å². The van der Waals surface area contributed by atoms with E-state index in [9.17, 15) is 4.79 Å². The zero-order chi connectivity index (χ0) is 38.0. The topological polar surface area (TPSA) is 94.3 Å². The van der Waals surface area contributed by atoms with Crippen LogP contribution < -0.4 is 4.90 Å². The molecule has 2 aliphatic heterocycles. The Bertz CT molecular complexity index is 1800. The lowest BCUT2D eigenvalue weighted by atomic mass is 9.88. The van der Waals surface area contributed by atoms with Crippen molar-refractivity contribution in [1.82, 2.24) is 24.5 Å². The summed E-state index contributed by atoms with van der Waals surface area (Å²) in [7, 11) is -2.54. The minimum absolute atomic E-state index is 0.125. The molecule has 0 saturated carbocycles. The third kappa shape index (κ3) is 10.1. The maximum Gasteiger partial charge on any atom is 0.410 e. The van der Waals surface area contributed by atoms with Gasteiger partial charge in [-0.15, -0.1) is 0 Å². The van der Waals surface area contributed by atoms with Crippen molar-refractivity contribution in [1.29, 1.82) is 0 Å². The molecule has 0 N–H and O–H groups in total. The summed E-state index contributed by atoms with van der Waals surface area (Å²) in [6, 6.07) is 19.0. The van der Waals surface area contributed by atoms with E-state index in [1.165, 1.54) is 0 Å². The quantitative estimate of drug-likeness (QED) is 0.0714. The molecule has 286 valence electrons. The summed E-state index contributed by atoms with van der Waals surface area (Å²) in [4.78, 5) is 27.7. The molecule has 53 heavy (non-hydrogen) atoms. The second kappa shape index (κ2) is 16.0. The summed E-state index contributed by atoms with van der Waals surface area (Å²) in [5, 5.41) is 4.95. The third-order valence-corrected chi connectivity index (χ3v) is 13.6. The van der Waals surface area contributed by atoms with Crippen LogP contribution in [0.3, 0.4) is 0 Å². The number of anilines is 1. The lowest BCUT2D eigenvalue weighted by Crippen LogP contribution is -2.48. The number of nitrogens with zero attached hydrogens (tertiary/aromatic N) is 6. The summed E-state index contributed by atoms with van der Waals surface area (Å²) >= 11 is 0. The number of piperidine rings is 1. The molecule has 2 atom stereocenters. The molecule has 3 aromatic heterocycles. The number of benzene rings is 1. The van der Waals surface area contributed by atoms with Gasteiger partial charge in [0.05, 0.1) is 11.9 Å².